The summed E-state index contributed by atoms with van der Waals surface area (Å²) in [7, 11) is 0.436. The number of carbonyl (C=O) groups is 2. The van der Waals surface area contributed by atoms with Crippen LogP contribution < -0.4 is 15.2 Å². The van der Waals surface area contributed by atoms with Crippen LogP contribution in [0.1, 0.15) is 71.8 Å². The standard InChI is InChI=1S/C34H43N5O6S/c1-37(2)46(42,43)36-32(40)22-9-11-26-29(15-22)39-20-34(33(41)38-13-14-45-19-23(38)18-35)17-28(34)27-16-24(44-3)10-12-25(27)31(39)30(26)21-7-5-4-6-8-21/h9-12,15-16,21,23,28H,4-8,13-14,17-20,35H2,1-3H3,(H,36,40). The first-order chi connectivity index (χ1) is 22.1. The summed E-state index contributed by atoms with van der Waals surface area (Å²) in [5.41, 5.74) is 11.1. The van der Waals surface area contributed by atoms with Crippen molar-refractivity contribution < 1.29 is 27.5 Å². The highest BCUT2D eigenvalue weighted by Crippen LogP contribution is 2.66. The van der Waals surface area contributed by atoms with E-state index in [1.807, 2.05) is 17.0 Å². The number of aromatic nitrogens is 1. The summed E-state index contributed by atoms with van der Waals surface area (Å²) in [4.78, 5) is 29.9. The maximum atomic E-state index is 14.7. The fraction of sp³-hybridized carbons (Fsp3) is 0.529. The molecule has 12 heteroatoms. The van der Waals surface area contributed by atoms with Gasteiger partial charge in [0.1, 0.15) is 5.75 Å². The lowest BCUT2D eigenvalue weighted by atomic mass is 9.81. The molecule has 246 valence electrons. The lowest BCUT2D eigenvalue weighted by Gasteiger charge is -2.37. The van der Waals surface area contributed by atoms with E-state index in [-0.39, 0.29) is 23.4 Å². The number of nitrogens with zero attached hydrogens (tertiary/aromatic N) is 3. The Hall–Kier alpha value is -3.45. The van der Waals surface area contributed by atoms with Crippen molar-refractivity contribution >= 4 is 32.9 Å². The minimum atomic E-state index is -3.98. The normalized spacial score (nSPS) is 24.6. The minimum Gasteiger partial charge on any atom is -0.497 e. The van der Waals surface area contributed by atoms with Crippen LogP contribution in [0.4, 0.5) is 0 Å². The van der Waals surface area contributed by atoms with Crippen LogP contribution in [0.25, 0.3) is 22.2 Å². The topological polar surface area (TPSA) is 136 Å². The Morgan fingerprint density at radius 2 is 1.91 bits per heavy atom. The van der Waals surface area contributed by atoms with E-state index in [2.05, 4.69) is 21.4 Å². The molecule has 1 saturated heterocycles. The van der Waals surface area contributed by atoms with Crippen LogP contribution in [0.15, 0.2) is 36.4 Å². The predicted octanol–water partition coefficient (Wildman–Crippen LogP) is 3.57. The molecular weight excluding hydrogens is 606 g/mol. The molecule has 2 saturated carbocycles. The summed E-state index contributed by atoms with van der Waals surface area (Å²) in [6.07, 6.45) is 6.35. The maximum absolute atomic E-state index is 14.7. The number of methoxy groups -OCH3 is 1. The van der Waals surface area contributed by atoms with Gasteiger partial charge in [-0.2, -0.15) is 12.7 Å². The van der Waals surface area contributed by atoms with E-state index in [0.717, 1.165) is 63.5 Å². The molecule has 0 radical (unpaired) electrons. The van der Waals surface area contributed by atoms with Gasteiger partial charge in [-0.15, -0.1) is 0 Å². The number of rotatable bonds is 7. The van der Waals surface area contributed by atoms with E-state index >= 15 is 0 Å². The highest BCUT2D eigenvalue weighted by atomic mass is 32.2. The summed E-state index contributed by atoms with van der Waals surface area (Å²) < 4.78 is 41.9. The third-order valence-electron chi connectivity index (χ3n) is 10.7. The van der Waals surface area contributed by atoms with Crippen molar-refractivity contribution in [2.45, 2.75) is 62.9 Å². The Balaban J connectivity index is 1.44. The number of carbonyl (C=O) groups excluding carboxylic acids is 2. The maximum Gasteiger partial charge on any atom is 0.303 e. The lowest BCUT2D eigenvalue weighted by molar-refractivity contribution is -0.146. The quantitative estimate of drug-likeness (QED) is 0.400. The van der Waals surface area contributed by atoms with Gasteiger partial charge in [-0.05, 0) is 66.6 Å². The minimum absolute atomic E-state index is 0.00255. The van der Waals surface area contributed by atoms with E-state index in [4.69, 9.17) is 15.2 Å². The van der Waals surface area contributed by atoms with Crippen LogP contribution in [-0.2, 0) is 26.3 Å². The van der Waals surface area contributed by atoms with Gasteiger partial charge < -0.3 is 24.7 Å². The number of nitrogens with two attached hydrogens (primary N) is 1. The molecule has 46 heavy (non-hydrogen) atoms. The second kappa shape index (κ2) is 11.7. The van der Waals surface area contributed by atoms with Gasteiger partial charge in [-0.1, -0.05) is 25.3 Å². The number of benzene rings is 2. The third-order valence-corrected chi connectivity index (χ3v) is 12.1. The first-order valence-corrected chi connectivity index (χ1v) is 17.7. The fourth-order valence-corrected chi connectivity index (χ4v) is 8.63. The number of morpholine rings is 1. The van der Waals surface area contributed by atoms with Crippen molar-refractivity contribution in [2.24, 2.45) is 11.1 Å². The molecule has 2 aliphatic heterocycles. The molecule has 11 nitrogen and oxygen atoms in total. The summed E-state index contributed by atoms with van der Waals surface area (Å²) in [6, 6.07) is 11.5. The molecule has 3 heterocycles. The summed E-state index contributed by atoms with van der Waals surface area (Å²) >= 11 is 0. The molecule has 3 fully saturated rings. The van der Waals surface area contributed by atoms with Crippen molar-refractivity contribution in [3.8, 4) is 17.0 Å². The largest absolute Gasteiger partial charge is 0.497 e. The first-order valence-electron chi connectivity index (χ1n) is 16.3. The van der Waals surface area contributed by atoms with E-state index in [0.29, 0.717) is 45.2 Å². The van der Waals surface area contributed by atoms with Crippen molar-refractivity contribution in [1.82, 2.24) is 18.5 Å². The molecule has 0 spiro atoms. The van der Waals surface area contributed by atoms with Gasteiger partial charge in [0.15, 0.2) is 0 Å². The Morgan fingerprint density at radius 1 is 1.13 bits per heavy atom. The van der Waals surface area contributed by atoms with E-state index < -0.39 is 21.5 Å². The SMILES string of the molecule is COc1ccc2c(c1)C1CC1(C(=O)N1CCOCC1CN)Cn1c-2c(C2CCCCC2)c2ccc(C(=O)NS(=O)(=O)N(C)C)cc21. The number of hydrogen-bond donors (Lipinski definition) is 2. The van der Waals surface area contributed by atoms with Gasteiger partial charge in [0.05, 0.1) is 37.5 Å². The van der Waals surface area contributed by atoms with Crippen LogP contribution >= 0.6 is 0 Å². The molecule has 3 aromatic rings. The van der Waals surface area contributed by atoms with E-state index in [1.165, 1.54) is 26.1 Å². The molecule has 4 aliphatic rings. The molecule has 0 bridgehead atoms. The van der Waals surface area contributed by atoms with Gasteiger partial charge in [0.25, 0.3) is 5.91 Å². The number of ether oxygens (including phenoxy) is 2. The lowest BCUT2D eigenvalue weighted by Crippen LogP contribution is -2.54. The summed E-state index contributed by atoms with van der Waals surface area (Å²) in [5, 5.41) is 1.04. The third kappa shape index (κ3) is 5.01. The molecule has 7 rings (SSSR count). The number of amides is 2. The van der Waals surface area contributed by atoms with Crippen LogP contribution in [0.3, 0.4) is 0 Å². The zero-order chi connectivity index (χ0) is 32.4. The molecule has 2 aromatic carbocycles. The monoisotopic (exact) mass is 649 g/mol. The second-order valence-electron chi connectivity index (χ2n) is 13.5. The Kier molecular flexibility index (Phi) is 7.90. The second-order valence-corrected chi connectivity index (χ2v) is 15.3. The highest BCUT2D eigenvalue weighted by molar-refractivity contribution is 7.87. The fourth-order valence-electron chi connectivity index (χ4n) is 8.09. The number of hydrogen-bond acceptors (Lipinski definition) is 7. The van der Waals surface area contributed by atoms with Crippen molar-refractivity contribution in [1.29, 1.82) is 0 Å². The van der Waals surface area contributed by atoms with Gasteiger partial charge in [0.2, 0.25) is 5.91 Å². The van der Waals surface area contributed by atoms with E-state index in [9.17, 15) is 18.0 Å². The average Bonchev–Trinajstić information content (AvgIpc) is 3.74. The average molecular weight is 650 g/mol. The first kappa shape index (κ1) is 31.2. The number of nitrogens with one attached hydrogen (secondary N) is 1. The van der Waals surface area contributed by atoms with Crippen LogP contribution in [0, 0.1) is 5.41 Å². The summed E-state index contributed by atoms with van der Waals surface area (Å²) in [6.45, 7) is 2.17. The van der Waals surface area contributed by atoms with Gasteiger partial charge in [-0.25, -0.2) is 4.72 Å². The molecular formula is C34H43N5O6S. The summed E-state index contributed by atoms with van der Waals surface area (Å²) in [5.74, 6) is 0.474. The number of fused-ring (bicyclic) bond motifs is 7. The molecule has 3 atom stereocenters. The van der Waals surface area contributed by atoms with Crippen LogP contribution in [0.2, 0.25) is 0 Å². The van der Waals surface area contributed by atoms with Gasteiger partial charge >= 0.3 is 10.2 Å². The highest BCUT2D eigenvalue weighted by Gasteiger charge is 2.64. The Morgan fingerprint density at radius 3 is 2.63 bits per heavy atom. The Bertz CT molecular complexity index is 1810. The van der Waals surface area contributed by atoms with Crippen LogP contribution in [0.5, 0.6) is 5.75 Å². The van der Waals surface area contributed by atoms with Crippen molar-refractivity contribution in [3.63, 3.8) is 0 Å². The molecule has 1 aromatic heterocycles. The molecule has 3 N–H and O–H groups in total. The smallest absolute Gasteiger partial charge is 0.303 e. The van der Waals surface area contributed by atoms with Crippen LogP contribution in [-0.4, -0.2) is 87.6 Å². The molecule has 2 aliphatic carbocycles. The van der Waals surface area contributed by atoms with Crippen molar-refractivity contribution in [3.05, 3.63) is 53.1 Å². The zero-order valence-corrected chi connectivity index (χ0v) is 27.6. The molecule has 2 amide bonds. The molecule has 3 unspecified atom stereocenters. The van der Waals surface area contributed by atoms with Gasteiger partial charge in [-0.3, -0.25) is 9.59 Å². The van der Waals surface area contributed by atoms with Crippen molar-refractivity contribution in [2.75, 3.05) is 47.5 Å². The van der Waals surface area contributed by atoms with E-state index in [1.54, 1.807) is 19.2 Å². The zero-order valence-electron chi connectivity index (χ0n) is 26.8. The predicted molar refractivity (Wildman–Crippen MR) is 175 cm³/mol. The van der Waals surface area contributed by atoms with Gasteiger partial charge in [0, 0.05) is 61.7 Å². The Labute approximate surface area is 270 Å².